The van der Waals surface area contributed by atoms with E-state index in [-0.39, 0.29) is 38.7 Å². The first-order valence-corrected chi connectivity index (χ1v) is 15.6. The fraction of sp³-hybridized carbons (Fsp3) is 0.400. The maximum atomic E-state index is 14.6. The molecule has 0 radical (unpaired) electrons. The zero-order chi connectivity index (χ0) is 32.6. The Bertz CT molecular complexity index is 1820. The van der Waals surface area contributed by atoms with Crippen LogP contribution in [0.1, 0.15) is 99.3 Å². The van der Waals surface area contributed by atoms with Crippen LogP contribution in [0, 0.1) is 11.2 Å². The summed E-state index contributed by atoms with van der Waals surface area (Å²) in [7, 11) is 0. The second-order valence-corrected chi connectivity index (χ2v) is 16.5. The molecule has 0 saturated heterocycles. The van der Waals surface area contributed by atoms with Crippen molar-refractivity contribution in [3.63, 3.8) is 0 Å². The first-order chi connectivity index (χ1) is 20.2. The fourth-order valence-corrected chi connectivity index (χ4v) is 6.75. The van der Waals surface area contributed by atoms with E-state index >= 15 is 0 Å². The van der Waals surface area contributed by atoms with Crippen molar-refractivity contribution in [2.75, 3.05) is 0 Å². The van der Waals surface area contributed by atoms with Gasteiger partial charge in [0.2, 0.25) is 0 Å². The summed E-state index contributed by atoms with van der Waals surface area (Å²) < 4.78 is 16.8. The van der Waals surface area contributed by atoms with Gasteiger partial charge in [-0.15, -0.1) is 0 Å². The van der Waals surface area contributed by atoms with Crippen molar-refractivity contribution in [2.24, 2.45) is 5.41 Å². The van der Waals surface area contributed by atoms with Gasteiger partial charge in [0.05, 0.1) is 16.7 Å². The van der Waals surface area contributed by atoms with E-state index in [9.17, 15) is 14.6 Å². The number of hydrogen-bond acceptors (Lipinski definition) is 2. The molecular formula is C40H48FNO2. The summed E-state index contributed by atoms with van der Waals surface area (Å²) in [5.41, 5.74) is 6.26. The lowest BCUT2D eigenvalue weighted by Gasteiger charge is -2.34. The normalized spacial score (nSPS) is 13.3. The molecule has 1 heterocycles. The molecule has 0 atom stereocenters. The van der Waals surface area contributed by atoms with Crippen molar-refractivity contribution in [3.8, 4) is 28.3 Å². The van der Waals surface area contributed by atoms with E-state index < -0.39 is 5.82 Å². The van der Waals surface area contributed by atoms with Crippen molar-refractivity contribution in [1.82, 2.24) is 4.57 Å². The number of rotatable bonds is 4. The SMILES string of the molecule is CC(C)(C)CC(C)(C)c1cc(-c2cc(F)ccc2O)c(O)c(-n2c3cc(C(C)(C)C)ccc3c3ccc(C(C)(C)C)cc32)c1. The molecule has 1 aromatic heterocycles. The maximum Gasteiger partial charge on any atom is 0.147 e. The minimum Gasteiger partial charge on any atom is -0.507 e. The molecule has 4 aromatic carbocycles. The number of nitrogens with zero attached hydrogens (tertiary/aromatic N) is 1. The van der Waals surface area contributed by atoms with Gasteiger partial charge in [-0.25, -0.2) is 4.39 Å². The number of benzene rings is 4. The van der Waals surface area contributed by atoms with Crippen molar-refractivity contribution in [1.29, 1.82) is 0 Å². The highest BCUT2D eigenvalue weighted by molar-refractivity contribution is 6.10. The summed E-state index contributed by atoms with van der Waals surface area (Å²) in [4.78, 5) is 0. The first-order valence-electron chi connectivity index (χ1n) is 15.6. The van der Waals surface area contributed by atoms with E-state index in [1.54, 1.807) is 0 Å². The highest BCUT2D eigenvalue weighted by atomic mass is 19.1. The van der Waals surface area contributed by atoms with E-state index in [0.29, 0.717) is 11.3 Å². The molecule has 0 aliphatic heterocycles. The van der Waals surface area contributed by atoms with Crippen LogP contribution in [0.4, 0.5) is 4.39 Å². The monoisotopic (exact) mass is 593 g/mol. The van der Waals surface area contributed by atoms with Crippen LogP contribution >= 0.6 is 0 Å². The second-order valence-electron chi connectivity index (χ2n) is 16.5. The summed E-state index contributed by atoms with van der Waals surface area (Å²) in [6, 6.07) is 21.1. The molecule has 2 N–H and O–H groups in total. The average molecular weight is 594 g/mol. The third-order valence-corrected chi connectivity index (χ3v) is 8.83. The summed E-state index contributed by atoms with van der Waals surface area (Å²) in [6.07, 6.45) is 0.883. The lowest BCUT2D eigenvalue weighted by molar-refractivity contribution is 0.284. The quantitative estimate of drug-likeness (QED) is 0.218. The lowest BCUT2D eigenvalue weighted by Crippen LogP contribution is -2.25. The Morgan fingerprint density at radius 3 is 1.59 bits per heavy atom. The van der Waals surface area contributed by atoms with Crippen LogP contribution in [0.3, 0.4) is 0 Å². The summed E-state index contributed by atoms with van der Waals surface area (Å²) in [5.74, 6) is -0.548. The standard InChI is InChI=1S/C40H48FNO2/c1-37(2,3)23-40(10,11)26-18-31(30-22-27(41)14-17-35(30)43)36(44)34(21-26)42-32-19-24(38(4,5)6)12-15-28(32)29-16-13-25(20-33(29)42)39(7,8)9/h12-22,43-44H,23H2,1-11H3. The molecule has 5 rings (SSSR count). The Morgan fingerprint density at radius 2 is 1.11 bits per heavy atom. The minimum atomic E-state index is -0.473. The van der Waals surface area contributed by atoms with Crippen LogP contribution in [-0.4, -0.2) is 14.8 Å². The molecule has 0 spiro atoms. The van der Waals surface area contributed by atoms with Gasteiger partial charge in [-0.2, -0.15) is 0 Å². The van der Waals surface area contributed by atoms with Gasteiger partial charge in [-0.1, -0.05) is 100 Å². The predicted molar refractivity (Wildman–Crippen MR) is 184 cm³/mol. The van der Waals surface area contributed by atoms with Gasteiger partial charge in [0, 0.05) is 21.9 Å². The Morgan fingerprint density at radius 1 is 0.591 bits per heavy atom. The highest BCUT2D eigenvalue weighted by Crippen LogP contribution is 2.47. The Kier molecular flexibility index (Phi) is 7.47. The molecule has 5 aromatic rings. The van der Waals surface area contributed by atoms with Crippen LogP contribution in [0.25, 0.3) is 38.6 Å². The van der Waals surface area contributed by atoms with Crippen LogP contribution in [0.5, 0.6) is 11.5 Å². The number of halogens is 1. The Labute approximate surface area is 262 Å². The largest absolute Gasteiger partial charge is 0.507 e. The van der Waals surface area contributed by atoms with E-state index in [0.717, 1.165) is 33.8 Å². The van der Waals surface area contributed by atoms with Crippen molar-refractivity contribution in [3.05, 3.63) is 89.2 Å². The molecule has 0 aliphatic carbocycles. The van der Waals surface area contributed by atoms with Gasteiger partial charge in [-0.05, 0) is 87.2 Å². The van der Waals surface area contributed by atoms with Gasteiger partial charge in [0.25, 0.3) is 0 Å². The summed E-state index contributed by atoms with van der Waals surface area (Å²) >= 11 is 0. The molecule has 0 bridgehead atoms. The van der Waals surface area contributed by atoms with Gasteiger partial charge in [0.15, 0.2) is 0 Å². The lowest BCUT2D eigenvalue weighted by atomic mass is 9.71. The number of phenols is 2. The third-order valence-electron chi connectivity index (χ3n) is 8.83. The van der Waals surface area contributed by atoms with Crippen molar-refractivity contribution < 1.29 is 14.6 Å². The van der Waals surface area contributed by atoms with Crippen LogP contribution in [0.15, 0.2) is 66.7 Å². The Balaban J connectivity index is 1.97. The predicted octanol–water partition coefficient (Wildman–Crippen LogP) is 11.3. The number of hydrogen-bond donors (Lipinski definition) is 2. The van der Waals surface area contributed by atoms with Crippen LogP contribution in [0.2, 0.25) is 0 Å². The van der Waals surface area contributed by atoms with Gasteiger partial charge in [0.1, 0.15) is 17.3 Å². The Hall–Kier alpha value is -3.79. The molecule has 44 heavy (non-hydrogen) atoms. The topological polar surface area (TPSA) is 45.4 Å². The number of aromatic hydroxyl groups is 2. The molecule has 0 amide bonds. The van der Waals surface area contributed by atoms with E-state index in [2.05, 4.69) is 123 Å². The van der Waals surface area contributed by atoms with E-state index in [1.165, 1.54) is 29.3 Å². The van der Waals surface area contributed by atoms with Crippen molar-refractivity contribution >= 4 is 21.8 Å². The minimum absolute atomic E-state index is 0.00216. The zero-order valence-electron chi connectivity index (χ0n) is 28.3. The average Bonchev–Trinajstić information content (AvgIpc) is 3.21. The van der Waals surface area contributed by atoms with Gasteiger partial charge < -0.3 is 14.8 Å². The highest BCUT2D eigenvalue weighted by Gasteiger charge is 2.31. The molecule has 0 aliphatic rings. The van der Waals surface area contributed by atoms with Gasteiger partial charge >= 0.3 is 0 Å². The molecule has 0 unspecified atom stereocenters. The van der Waals surface area contributed by atoms with Crippen molar-refractivity contribution in [2.45, 2.75) is 98.8 Å². The molecule has 0 saturated carbocycles. The number of fused-ring (bicyclic) bond motifs is 3. The van der Waals surface area contributed by atoms with Crippen LogP contribution in [-0.2, 0) is 16.2 Å². The molecule has 4 heteroatoms. The molecular weight excluding hydrogens is 545 g/mol. The zero-order valence-corrected chi connectivity index (χ0v) is 28.3. The summed E-state index contributed by atoms with van der Waals surface area (Å²) in [6.45, 7) is 24.3. The second kappa shape index (κ2) is 10.4. The molecule has 0 fully saturated rings. The summed E-state index contributed by atoms with van der Waals surface area (Å²) in [5, 5.41) is 25.3. The molecule has 232 valence electrons. The third kappa shape index (κ3) is 5.84. The number of phenolic OH excluding ortho intramolecular Hbond substituents is 2. The van der Waals surface area contributed by atoms with Crippen LogP contribution < -0.4 is 0 Å². The van der Waals surface area contributed by atoms with E-state index in [4.69, 9.17) is 0 Å². The number of aromatic nitrogens is 1. The molecule has 3 nitrogen and oxygen atoms in total. The maximum absolute atomic E-state index is 14.6. The van der Waals surface area contributed by atoms with Gasteiger partial charge in [-0.3, -0.25) is 0 Å². The van der Waals surface area contributed by atoms with E-state index in [1.807, 2.05) is 6.07 Å². The first kappa shape index (κ1) is 31.6. The smallest absolute Gasteiger partial charge is 0.147 e. The fourth-order valence-electron chi connectivity index (χ4n) is 6.75.